The maximum Gasteiger partial charge on any atom is 0.276 e. The van der Waals surface area contributed by atoms with Crippen LogP contribution in [0.5, 0.6) is 0 Å². The molecule has 6 nitrogen and oxygen atoms in total. The SMILES string of the molecule is CNCCC1CCN(C(=O)c2cc(-c3ccncc3)on2)CC1.Cl.Cl. The van der Waals surface area contributed by atoms with Gasteiger partial charge in [0.15, 0.2) is 11.5 Å². The maximum atomic E-state index is 12.5. The van der Waals surface area contributed by atoms with Gasteiger partial charge in [-0.3, -0.25) is 9.78 Å². The zero-order valence-corrected chi connectivity index (χ0v) is 15.8. The van der Waals surface area contributed by atoms with Gasteiger partial charge < -0.3 is 14.7 Å². The molecule has 25 heavy (non-hydrogen) atoms. The topological polar surface area (TPSA) is 71.3 Å². The minimum atomic E-state index is -0.0406. The van der Waals surface area contributed by atoms with Crippen molar-refractivity contribution in [3.8, 4) is 11.3 Å². The Morgan fingerprint density at radius 1 is 1.28 bits per heavy atom. The first-order valence-corrected chi connectivity index (χ1v) is 8.09. The van der Waals surface area contributed by atoms with Crippen LogP contribution in [0, 0.1) is 5.92 Å². The van der Waals surface area contributed by atoms with Crippen molar-refractivity contribution in [2.75, 3.05) is 26.7 Å². The van der Waals surface area contributed by atoms with Crippen LogP contribution < -0.4 is 5.32 Å². The third-order valence-electron chi connectivity index (χ3n) is 4.40. The molecule has 0 aromatic carbocycles. The van der Waals surface area contributed by atoms with Gasteiger partial charge in [0.1, 0.15) is 0 Å². The molecule has 0 atom stereocenters. The Bertz CT molecular complexity index is 643. The molecule has 138 valence electrons. The first kappa shape index (κ1) is 21.4. The third kappa shape index (κ3) is 5.42. The molecule has 0 spiro atoms. The molecular weight excluding hydrogens is 363 g/mol. The van der Waals surface area contributed by atoms with Crippen molar-refractivity contribution in [3.63, 3.8) is 0 Å². The molecule has 2 aromatic rings. The summed E-state index contributed by atoms with van der Waals surface area (Å²) in [5.74, 6) is 1.26. The molecule has 1 saturated heterocycles. The van der Waals surface area contributed by atoms with Gasteiger partial charge in [-0.15, -0.1) is 24.8 Å². The summed E-state index contributed by atoms with van der Waals surface area (Å²) in [6, 6.07) is 5.38. The first-order chi connectivity index (χ1) is 11.3. The molecule has 1 aliphatic rings. The quantitative estimate of drug-likeness (QED) is 0.854. The number of hydrogen-bond donors (Lipinski definition) is 1. The first-order valence-electron chi connectivity index (χ1n) is 8.09. The van der Waals surface area contributed by atoms with E-state index in [9.17, 15) is 4.79 Å². The second-order valence-corrected chi connectivity index (χ2v) is 5.94. The van der Waals surface area contributed by atoms with Crippen LogP contribution in [-0.2, 0) is 0 Å². The Labute approximate surface area is 160 Å². The van der Waals surface area contributed by atoms with Crippen LogP contribution in [0.2, 0.25) is 0 Å². The highest BCUT2D eigenvalue weighted by Gasteiger charge is 2.25. The van der Waals surface area contributed by atoms with Crippen molar-refractivity contribution in [2.24, 2.45) is 5.92 Å². The van der Waals surface area contributed by atoms with Crippen molar-refractivity contribution in [3.05, 3.63) is 36.3 Å². The van der Waals surface area contributed by atoms with E-state index in [1.807, 2.05) is 24.1 Å². The van der Waals surface area contributed by atoms with Crippen molar-refractivity contribution >= 4 is 30.7 Å². The van der Waals surface area contributed by atoms with E-state index in [1.54, 1.807) is 18.5 Å². The molecule has 1 fully saturated rings. The molecule has 2 aromatic heterocycles. The Kier molecular flexibility index (Phi) is 8.89. The number of amides is 1. The monoisotopic (exact) mass is 386 g/mol. The van der Waals surface area contributed by atoms with Gasteiger partial charge in [-0.25, -0.2) is 0 Å². The second-order valence-electron chi connectivity index (χ2n) is 5.94. The van der Waals surface area contributed by atoms with Crippen LogP contribution in [0.15, 0.2) is 35.1 Å². The maximum absolute atomic E-state index is 12.5. The van der Waals surface area contributed by atoms with Gasteiger partial charge in [-0.2, -0.15) is 0 Å². The highest BCUT2D eigenvalue weighted by Crippen LogP contribution is 2.23. The molecule has 0 radical (unpaired) electrons. The van der Waals surface area contributed by atoms with E-state index in [2.05, 4.69) is 15.5 Å². The molecule has 0 aliphatic carbocycles. The summed E-state index contributed by atoms with van der Waals surface area (Å²) in [5.41, 5.74) is 1.25. The summed E-state index contributed by atoms with van der Waals surface area (Å²) in [7, 11) is 1.98. The number of hydrogen-bond acceptors (Lipinski definition) is 5. The van der Waals surface area contributed by atoms with E-state index in [-0.39, 0.29) is 30.7 Å². The number of aromatic nitrogens is 2. The molecule has 1 amide bonds. The van der Waals surface area contributed by atoms with Gasteiger partial charge in [0.25, 0.3) is 5.91 Å². The van der Waals surface area contributed by atoms with Gasteiger partial charge >= 0.3 is 0 Å². The highest BCUT2D eigenvalue weighted by atomic mass is 35.5. The molecule has 3 heterocycles. The van der Waals surface area contributed by atoms with Gasteiger partial charge in [-0.1, -0.05) is 5.16 Å². The molecule has 8 heteroatoms. The van der Waals surface area contributed by atoms with Gasteiger partial charge in [-0.05, 0) is 50.9 Å². The summed E-state index contributed by atoms with van der Waals surface area (Å²) in [6.45, 7) is 2.63. The number of piperidine rings is 1. The van der Waals surface area contributed by atoms with Crippen molar-refractivity contribution in [1.29, 1.82) is 0 Å². The fourth-order valence-corrected chi connectivity index (χ4v) is 2.96. The van der Waals surface area contributed by atoms with Crippen molar-refractivity contribution in [2.45, 2.75) is 19.3 Å². The molecule has 0 unspecified atom stereocenters. The van der Waals surface area contributed by atoms with Crippen LogP contribution in [0.3, 0.4) is 0 Å². The number of halogens is 2. The van der Waals surface area contributed by atoms with E-state index < -0.39 is 0 Å². The van der Waals surface area contributed by atoms with E-state index in [4.69, 9.17) is 4.52 Å². The molecule has 0 saturated carbocycles. The number of pyridine rings is 1. The molecule has 3 rings (SSSR count). The summed E-state index contributed by atoms with van der Waals surface area (Å²) in [5, 5.41) is 7.13. The van der Waals surface area contributed by atoms with Crippen LogP contribution >= 0.6 is 24.8 Å². The normalized spacial score (nSPS) is 14.5. The zero-order valence-electron chi connectivity index (χ0n) is 14.2. The van der Waals surface area contributed by atoms with E-state index in [0.717, 1.165) is 38.0 Å². The highest BCUT2D eigenvalue weighted by molar-refractivity contribution is 5.93. The number of carbonyl (C=O) groups is 1. The minimum absolute atomic E-state index is 0. The van der Waals surface area contributed by atoms with Crippen molar-refractivity contribution < 1.29 is 9.32 Å². The average Bonchev–Trinajstić information content (AvgIpc) is 3.11. The average molecular weight is 387 g/mol. The third-order valence-corrected chi connectivity index (χ3v) is 4.40. The Hall–Kier alpha value is -1.63. The summed E-state index contributed by atoms with van der Waals surface area (Å²) >= 11 is 0. The smallest absolute Gasteiger partial charge is 0.276 e. The van der Waals surface area contributed by atoms with Crippen LogP contribution in [0.25, 0.3) is 11.3 Å². The predicted octanol–water partition coefficient (Wildman–Crippen LogP) is 3.04. The van der Waals surface area contributed by atoms with Gasteiger partial charge in [0.2, 0.25) is 0 Å². The molecule has 0 bridgehead atoms. The predicted molar refractivity (Wildman–Crippen MR) is 101 cm³/mol. The van der Waals surface area contributed by atoms with Crippen LogP contribution in [0.1, 0.15) is 29.8 Å². The summed E-state index contributed by atoms with van der Waals surface area (Å²) in [6.07, 6.45) is 6.67. The number of nitrogens with zero attached hydrogens (tertiary/aromatic N) is 3. The lowest BCUT2D eigenvalue weighted by atomic mass is 9.93. The lowest BCUT2D eigenvalue weighted by molar-refractivity contribution is 0.0677. The van der Waals surface area contributed by atoms with E-state index in [0.29, 0.717) is 17.4 Å². The van der Waals surface area contributed by atoms with Gasteiger partial charge in [0.05, 0.1) is 0 Å². The van der Waals surface area contributed by atoms with Crippen molar-refractivity contribution in [1.82, 2.24) is 20.4 Å². The van der Waals surface area contributed by atoms with Crippen LogP contribution in [0.4, 0.5) is 0 Å². The second kappa shape index (κ2) is 10.4. The lowest BCUT2D eigenvalue weighted by Gasteiger charge is -2.31. The number of carbonyl (C=O) groups excluding carboxylic acids is 1. The molecule has 1 N–H and O–H groups in total. The van der Waals surface area contributed by atoms with Crippen LogP contribution in [-0.4, -0.2) is 47.6 Å². The van der Waals surface area contributed by atoms with E-state index >= 15 is 0 Å². The largest absolute Gasteiger partial charge is 0.355 e. The summed E-state index contributed by atoms with van der Waals surface area (Å²) < 4.78 is 5.30. The number of nitrogens with one attached hydrogen (secondary N) is 1. The zero-order chi connectivity index (χ0) is 16.1. The lowest BCUT2D eigenvalue weighted by Crippen LogP contribution is -2.39. The number of likely N-dealkylation sites (tertiary alicyclic amines) is 1. The van der Waals surface area contributed by atoms with E-state index in [1.165, 1.54) is 6.42 Å². The van der Waals surface area contributed by atoms with Gasteiger partial charge in [0, 0.05) is 37.1 Å². The fourth-order valence-electron chi connectivity index (χ4n) is 2.96. The molecular formula is C17H24Cl2N4O2. The molecule has 1 aliphatic heterocycles. The minimum Gasteiger partial charge on any atom is -0.355 e. The Balaban J connectivity index is 0.00000156. The Morgan fingerprint density at radius 3 is 2.60 bits per heavy atom. The summed E-state index contributed by atoms with van der Waals surface area (Å²) in [4.78, 5) is 18.4. The standard InChI is InChI=1S/C17H22N4O2.2ClH/c1-18-7-2-13-5-10-21(11-6-13)17(22)15-12-16(23-20-15)14-3-8-19-9-4-14;;/h3-4,8-9,12-13,18H,2,5-7,10-11H2,1H3;2*1H. The Morgan fingerprint density at radius 2 is 1.96 bits per heavy atom. The number of rotatable bonds is 5. The fraction of sp³-hybridized carbons (Fsp3) is 0.471.